The highest BCUT2D eigenvalue weighted by Gasteiger charge is 2.39. The van der Waals surface area contributed by atoms with Gasteiger partial charge in [0.15, 0.2) is 0 Å². The second-order valence-electron chi connectivity index (χ2n) is 8.08. The summed E-state index contributed by atoms with van der Waals surface area (Å²) in [6.45, 7) is 1.77. The molecule has 1 amide bonds. The molecule has 1 saturated heterocycles. The second-order valence-corrected chi connectivity index (χ2v) is 8.08. The van der Waals surface area contributed by atoms with Crippen molar-refractivity contribution in [1.29, 1.82) is 0 Å². The van der Waals surface area contributed by atoms with E-state index >= 15 is 0 Å². The zero-order chi connectivity index (χ0) is 18.4. The van der Waals surface area contributed by atoms with Crippen LogP contribution in [0.4, 0.5) is 0 Å². The van der Waals surface area contributed by atoms with Crippen molar-refractivity contribution in [2.45, 2.75) is 24.8 Å². The summed E-state index contributed by atoms with van der Waals surface area (Å²) in [5, 5.41) is 4.58. The number of H-pyrrole nitrogens is 1. The third kappa shape index (κ3) is 2.85. The zero-order valence-corrected chi connectivity index (χ0v) is 15.6. The normalized spacial score (nSPS) is 24.6. The molecule has 3 aromatic rings. The van der Waals surface area contributed by atoms with Crippen molar-refractivity contribution >= 4 is 16.8 Å². The van der Waals surface area contributed by atoms with Crippen LogP contribution in [-0.2, 0) is 6.42 Å². The van der Waals surface area contributed by atoms with Crippen LogP contribution >= 0.6 is 0 Å². The van der Waals surface area contributed by atoms with Gasteiger partial charge in [-0.1, -0.05) is 30.3 Å². The predicted molar refractivity (Wildman–Crippen MR) is 108 cm³/mol. The van der Waals surface area contributed by atoms with Crippen LogP contribution in [-0.4, -0.2) is 42.0 Å². The van der Waals surface area contributed by atoms with Gasteiger partial charge in [-0.15, -0.1) is 0 Å². The Labute approximate surface area is 159 Å². The Balaban J connectivity index is 1.35. The van der Waals surface area contributed by atoms with E-state index in [0.717, 1.165) is 31.5 Å². The Bertz CT molecular complexity index is 978. The molecule has 2 aromatic carbocycles. The van der Waals surface area contributed by atoms with Crippen molar-refractivity contribution in [3.8, 4) is 0 Å². The van der Waals surface area contributed by atoms with Crippen molar-refractivity contribution in [3.63, 3.8) is 0 Å². The Morgan fingerprint density at radius 2 is 2.04 bits per heavy atom. The maximum atomic E-state index is 12.4. The number of nitrogens with one attached hydrogen (secondary N) is 2. The number of hydrogen-bond donors (Lipinski definition) is 2. The molecule has 1 aromatic heterocycles. The smallest absolute Gasteiger partial charge is 0.251 e. The first-order valence-electron chi connectivity index (χ1n) is 9.83. The van der Waals surface area contributed by atoms with Crippen molar-refractivity contribution in [2.24, 2.45) is 5.92 Å². The average Bonchev–Trinajstić information content (AvgIpc) is 3.12. The number of amides is 1. The zero-order valence-electron chi connectivity index (χ0n) is 15.6. The number of likely N-dealkylation sites (N-methyl/N-ethyl adjacent to an activating group) is 1. The van der Waals surface area contributed by atoms with E-state index in [1.165, 1.54) is 22.0 Å². The number of carbonyl (C=O) groups excluding carboxylic acids is 1. The number of carbonyl (C=O) groups is 1. The highest BCUT2D eigenvalue weighted by Crippen LogP contribution is 2.44. The first kappa shape index (κ1) is 16.6. The lowest BCUT2D eigenvalue weighted by molar-refractivity contribution is 0.0891. The van der Waals surface area contributed by atoms with Crippen LogP contribution in [0.5, 0.6) is 0 Å². The van der Waals surface area contributed by atoms with Gasteiger partial charge in [0.05, 0.1) is 0 Å². The summed E-state index contributed by atoms with van der Waals surface area (Å²) in [7, 11) is 2.24. The SMILES string of the molecule is CN1C[C@H](CNC(=O)c2ccccc2)C[C@@H]2c3cccc4[nH]cc(c34)C[C@@H]21. The van der Waals surface area contributed by atoms with Crippen LogP contribution in [0.2, 0.25) is 0 Å². The molecule has 1 fully saturated rings. The van der Waals surface area contributed by atoms with Gasteiger partial charge < -0.3 is 15.2 Å². The van der Waals surface area contributed by atoms with Crippen LogP contribution in [0.25, 0.3) is 10.9 Å². The van der Waals surface area contributed by atoms with Crippen molar-refractivity contribution in [1.82, 2.24) is 15.2 Å². The number of likely N-dealkylation sites (tertiary alicyclic amines) is 1. The number of fused-ring (bicyclic) bond motifs is 2. The maximum Gasteiger partial charge on any atom is 0.251 e. The molecule has 4 nitrogen and oxygen atoms in total. The summed E-state index contributed by atoms with van der Waals surface area (Å²) in [4.78, 5) is 18.3. The minimum absolute atomic E-state index is 0.0269. The molecule has 0 radical (unpaired) electrons. The Morgan fingerprint density at radius 3 is 2.89 bits per heavy atom. The fourth-order valence-corrected chi connectivity index (χ4v) is 5.13. The summed E-state index contributed by atoms with van der Waals surface area (Å²) in [5.41, 5.74) is 4.91. The molecule has 4 heteroatoms. The molecule has 2 N–H and O–H groups in total. The van der Waals surface area contributed by atoms with Crippen molar-refractivity contribution in [2.75, 3.05) is 20.1 Å². The summed E-state index contributed by atoms with van der Waals surface area (Å²) in [6.07, 6.45) is 4.43. The predicted octanol–water partition coefficient (Wildman–Crippen LogP) is 3.56. The molecule has 5 rings (SSSR count). The van der Waals surface area contributed by atoms with Crippen LogP contribution in [0.3, 0.4) is 0 Å². The number of rotatable bonds is 3. The van der Waals surface area contributed by atoms with Crippen LogP contribution in [0.1, 0.15) is 33.8 Å². The first-order valence-corrected chi connectivity index (χ1v) is 9.83. The van der Waals surface area contributed by atoms with E-state index in [2.05, 4.69) is 46.6 Å². The average molecular weight is 359 g/mol. The molecule has 0 spiro atoms. The van der Waals surface area contributed by atoms with E-state index in [9.17, 15) is 4.79 Å². The molecule has 1 aliphatic carbocycles. The van der Waals surface area contributed by atoms with Crippen LogP contribution in [0, 0.1) is 5.92 Å². The van der Waals surface area contributed by atoms with E-state index in [1.54, 1.807) is 0 Å². The standard InChI is InChI=1S/C23H25N3O/c1-26-14-15(12-25-23(27)16-6-3-2-4-7-16)10-19-18-8-5-9-20-22(18)17(13-24-20)11-21(19)26/h2-9,13,15,19,21,24H,10-12,14H2,1H3,(H,25,27)/t15-,19+,21-/m0/s1. The quantitative estimate of drug-likeness (QED) is 0.751. The largest absolute Gasteiger partial charge is 0.361 e. The van der Waals surface area contributed by atoms with Gasteiger partial charge in [-0.3, -0.25) is 4.79 Å². The van der Waals surface area contributed by atoms with Gasteiger partial charge in [0.1, 0.15) is 0 Å². The summed E-state index contributed by atoms with van der Waals surface area (Å²) < 4.78 is 0. The molecule has 1 aliphatic heterocycles. The fourth-order valence-electron chi connectivity index (χ4n) is 5.13. The third-order valence-electron chi connectivity index (χ3n) is 6.40. The van der Waals surface area contributed by atoms with E-state index < -0.39 is 0 Å². The van der Waals surface area contributed by atoms with Gasteiger partial charge in [0.25, 0.3) is 5.91 Å². The Hall–Kier alpha value is -2.59. The number of nitrogens with zero attached hydrogens (tertiary/aromatic N) is 1. The van der Waals surface area contributed by atoms with E-state index in [1.807, 2.05) is 30.3 Å². The third-order valence-corrected chi connectivity index (χ3v) is 6.40. The minimum atomic E-state index is 0.0269. The van der Waals surface area contributed by atoms with Crippen molar-refractivity contribution < 1.29 is 4.79 Å². The Morgan fingerprint density at radius 1 is 1.19 bits per heavy atom. The molecule has 3 atom stereocenters. The van der Waals surface area contributed by atoms with Crippen LogP contribution < -0.4 is 5.32 Å². The van der Waals surface area contributed by atoms with Crippen LogP contribution in [0.15, 0.2) is 54.7 Å². The van der Waals surface area contributed by atoms with Gasteiger partial charge in [0.2, 0.25) is 0 Å². The summed E-state index contributed by atoms with van der Waals surface area (Å²) in [5.74, 6) is 1.04. The van der Waals surface area contributed by atoms with Gasteiger partial charge >= 0.3 is 0 Å². The highest BCUT2D eigenvalue weighted by atomic mass is 16.1. The number of aromatic nitrogens is 1. The van der Waals surface area contributed by atoms with Gasteiger partial charge in [-0.05, 0) is 55.1 Å². The monoisotopic (exact) mass is 359 g/mol. The molecule has 2 heterocycles. The molecule has 0 unspecified atom stereocenters. The number of benzene rings is 2. The van der Waals surface area contributed by atoms with E-state index in [-0.39, 0.29) is 5.91 Å². The van der Waals surface area contributed by atoms with Gasteiger partial charge in [-0.25, -0.2) is 0 Å². The molecular formula is C23H25N3O. The van der Waals surface area contributed by atoms with Gasteiger partial charge in [-0.2, -0.15) is 0 Å². The van der Waals surface area contributed by atoms with Gasteiger partial charge in [0, 0.05) is 47.7 Å². The lowest BCUT2D eigenvalue weighted by atomic mass is 9.72. The molecule has 138 valence electrons. The lowest BCUT2D eigenvalue weighted by Crippen LogP contribution is -2.50. The Kier molecular flexibility index (Phi) is 4.01. The molecule has 0 bridgehead atoms. The first-order chi connectivity index (χ1) is 13.2. The molecule has 0 saturated carbocycles. The molecule has 27 heavy (non-hydrogen) atoms. The summed E-state index contributed by atoms with van der Waals surface area (Å²) in [6, 6.07) is 16.7. The van der Waals surface area contributed by atoms with E-state index in [4.69, 9.17) is 0 Å². The lowest BCUT2D eigenvalue weighted by Gasteiger charge is -2.45. The number of hydrogen-bond acceptors (Lipinski definition) is 2. The second kappa shape index (κ2) is 6.54. The maximum absolute atomic E-state index is 12.4. The highest BCUT2D eigenvalue weighted by molar-refractivity contribution is 5.94. The molecular weight excluding hydrogens is 334 g/mol. The fraction of sp³-hybridized carbons (Fsp3) is 0.348. The van der Waals surface area contributed by atoms with E-state index in [0.29, 0.717) is 17.9 Å². The minimum Gasteiger partial charge on any atom is -0.361 e. The van der Waals surface area contributed by atoms with Crippen molar-refractivity contribution in [3.05, 3.63) is 71.4 Å². The number of piperidine rings is 1. The molecule has 2 aliphatic rings. The topological polar surface area (TPSA) is 48.1 Å². The summed E-state index contributed by atoms with van der Waals surface area (Å²) >= 11 is 0. The number of aromatic amines is 1.